The molecule has 126 valence electrons. The van der Waals surface area contributed by atoms with Gasteiger partial charge in [-0.2, -0.15) is 4.31 Å². The summed E-state index contributed by atoms with van der Waals surface area (Å²) in [6, 6.07) is 14.8. The van der Waals surface area contributed by atoms with E-state index in [-0.39, 0.29) is 22.3 Å². The molecule has 24 heavy (non-hydrogen) atoms. The van der Waals surface area contributed by atoms with Gasteiger partial charge in [0.1, 0.15) is 0 Å². The second kappa shape index (κ2) is 6.84. The zero-order valence-corrected chi connectivity index (χ0v) is 14.2. The van der Waals surface area contributed by atoms with Crippen LogP contribution in [0.15, 0.2) is 59.5 Å². The third-order valence-electron chi connectivity index (χ3n) is 4.24. The van der Waals surface area contributed by atoms with Crippen molar-refractivity contribution in [3.63, 3.8) is 0 Å². The van der Waals surface area contributed by atoms with Crippen LogP contribution in [0.1, 0.15) is 22.3 Å². The van der Waals surface area contributed by atoms with E-state index in [1.807, 2.05) is 6.07 Å². The maximum Gasteiger partial charge on any atom is 0.243 e. The molecule has 1 atom stereocenters. The van der Waals surface area contributed by atoms with E-state index in [2.05, 4.69) is 0 Å². The fourth-order valence-corrected chi connectivity index (χ4v) is 4.34. The van der Waals surface area contributed by atoms with Gasteiger partial charge < -0.3 is 4.74 Å². The van der Waals surface area contributed by atoms with Crippen LogP contribution >= 0.6 is 0 Å². The van der Waals surface area contributed by atoms with Gasteiger partial charge in [0, 0.05) is 24.8 Å². The number of benzene rings is 2. The van der Waals surface area contributed by atoms with Gasteiger partial charge in [0.05, 0.1) is 17.5 Å². The summed E-state index contributed by atoms with van der Waals surface area (Å²) in [6.45, 7) is 0.930. The molecule has 0 radical (unpaired) electrons. The lowest BCUT2D eigenvalue weighted by atomic mass is 10.0. The van der Waals surface area contributed by atoms with Gasteiger partial charge in [-0.05, 0) is 18.6 Å². The zero-order chi connectivity index (χ0) is 17.2. The Bertz CT molecular complexity index is 827. The van der Waals surface area contributed by atoms with Crippen molar-refractivity contribution in [2.75, 3.05) is 20.3 Å². The maximum absolute atomic E-state index is 13.0. The summed E-state index contributed by atoms with van der Waals surface area (Å²) in [4.78, 5) is 12.8. The topological polar surface area (TPSA) is 63.7 Å². The standard InChI is InChI=1S/C18H19NO4S/c1-19(15-11-12-23-13-15)24(21,22)17-10-6-5-9-16(17)18(20)14-7-3-2-4-8-14/h2-10,15H,11-13H2,1H3. The average molecular weight is 345 g/mol. The quantitative estimate of drug-likeness (QED) is 0.780. The van der Waals surface area contributed by atoms with Crippen LogP contribution in [0.5, 0.6) is 0 Å². The van der Waals surface area contributed by atoms with E-state index in [1.165, 1.54) is 10.4 Å². The number of sulfonamides is 1. The summed E-state index contributed by atoms with van der Waals surface area (Å²) < 4.78 is 32.6. The number of carbonyl (C=O) groups is 1. The Morgan fingerprint density at radius 2 is 1.75 bits per heavy atom. The fraction of sp³-hybridized carbons (Fsp3) is 0.278. The first kappa shape index (κ1) is 16.8. The van der Waals surface area contributed by atoms with E-state index in [0.717, 1.165) is 0 Å². The van der Waals surface area contributed by atoms with Crippen LogP contribution in [-0.2, 0) is 14.8 Å². The first-order chi connectivity index (χ1) is 11.5. The summed E-state index contributed by atoms with van der Waals surface area (Å²) in [7, 11) is -2.23. The summed E-state index contributed by atoms with van der Waals surface area (Å²) in [5, 5.41) is 0. The van der Waals surface area contributed by atoms with Crippen LogP contribution in [0.3, 0.4) is 0 Å². The summed E-state index contributed by atoms with van der Waals surface area (Å²) in [5.41, 5.74) is 0.654. The van der Waals surface area contributed by atoms with Gasteiger partial charge in [-0.1, -0.05) is 42.5 Å². The Hall–Kier alpha value is -2.02. The van der Waals surface area contributed by atoms with Crippen molar-refractivity contribution < 1.29 is 17.9 Å². The molecule has 5 nitrogen and oxygen atoms in total. The molecular weight excluding hydrogens is 326 g/mol. The molecule has 1 heterocycles. The van der Waals surface area contributed by atoms with Crippen LogP contribution < -0.4 is 0 Å². The molecule has 3 rings (SSSR count). The van der Waals surface area contributed by atoms with Crippen LogP contribution in [0.2, 0.25) is 0 Å². The van der Waals surface area contributed by atoms with Crippen LogP contribution in [-0.4, -0.2) is 44.8 Å². The van der Waals surface area contributed by atoms with Crippen molar-refractivity contribution in [2.45, 2.75) is 17.4 Å². The van der Waals surface area contributed by atoms with Crippen molar-refractivity contribution in [1.82, 2.24) is 4.31 Å². The van der Waals surface area contributed by atoms with E-state index < -0.39 is 10.0 Å². The van der Waals surface area contributed by atoms with Crippen LogP contribution in [0.25, 0.3) is 0 Å². The summed E-state index contributed by atoms with van der Waals surface area (Å²) in [5.74, 6) is -0.300. The molecule has 1 aliphatic rings. The van der Waals surface area contributed by atoms with Gasteiger partial charge >= 0.3 is 0 Å². The molecule has 1 fully saturated rings. The van der Waals surface area contributed by atoms with E-state index in [1.54, 1.807) is 49.5 Å². The van der Waals surface area contributed by atoms with Crippen molar-refractivity contribution in [3.8, 4) is 0 Å². The summed E-state index contributed by atoms with van der Waals surface area (Å²) in [6.07, 6.45) is 0.657. The number of carbonyl (C=O) groups excluding carboxylic acids is 1. The van der Waals surface area contributed by atoms with Gasteiger partial charge in [0.2, 0.25) is 10.0 Å². The molecule has 0 aliphatic carbocycles. The molecule has 1 unspecified atom stereocenters. The van der Waals surface area contributed by atoms with Crippen molar-refractivity contribution in [3.05, 3.63) is 65.7 Å². The molecule has 0 N–H and O–H groups in total. The molecule has 2 aromatic rings. The first-order valence-electron chi connectivity index (χ1n) is 7.76. The molecular formula is C18H19NO4S. The van der Waals surface area contributed by atoms with Crippen molar-refractivity contribution >= 4 is 15.8 Å². The highest BCUT2D eigenvalue weighted by molar-refractivity contribution is 7.89. The number of ether oxygens (including phenoxy) is 1. The fourth-order valence-electron chi connectivity index (χ4n) is 2.78. The normalized spacial score (nSPS) is 18.0. The van der Waals surface area contributed by atoms with Crippen LogP contribution in [0.4, 0.5) is 0 Å². The predicted molar refractivity (Wildman–Crippen MR) is 90.5 cm³/mol. The second-order valence-corrected chi connectivity index (χ2v) is 7.70. The minimum atomic E-state index is -3.77. The smallest absolute Gasteiger partial charge is 0.243 e. The molecule has 1 saturated heterocycles. The van der Waals surface area contributed by atoms with Gasteiger partial charge in [-0.25, -0.2) is 8.42 Å². The Labute approximate surface area is 141 Å². The predicted octanol–water partition coefficient (Wildman–Crippen LogP) is 2.33. The molecule has 1 aliphatic heterocycles. The molecule has 2 aromatic carbocycles. The Morgan fingerprint density at radius 1 is 1.08 bits per heavy atom. The lowest BCUT2D eigenvalue weighted by Crippen LogP contribution is -2.38. The molecule has 0 aromatic heterocycles. The minimum Gasteiger partial charge on any atom is -0.380 e. The van der Waals surface area contributed by atoms with E-state index in [4.69, 9.17) is 4.74 Å². The SMILES string of the molecule is CN(C1CCOC1)S(=O)(=O)c1ccccc1C(=O)c1ccccc1. The Morgan fingerprint density at radius 3 is 2.42 bits per heavy atom. The second-order valence-electron chi connectivity index (χ2n) is 5.73. The highest BCUT2D eigenvalue weighted by Gasteiger charge is 2.33. The molecule has 0 amide bonds. The van der Waals surface area contributed by atoms with Crippen molar-refractivity contribution in [2.24, 2.45) is 0 Å². The van der Waals surface area contributed by atoms with Gasteiger partial charge in [0.25, 0.3) is 0 Å². The van der Waals surface area contributed by atoms with Gasteiger partial charge in [-0.3, -0.25) is 4.79 Å². The van der Waals surface area contributed by atoms with E-state index >= 15 is 0 Å². The average Bonchev–Trinajstić information content (AvgIpc) is 3.15. The lowest BCUT2D eigenvalue weighted by Gasteiger charge is -2.23. The molecule has 0 spiro atoms. The number of ketones is 1. The number of likely N-dealkylation sites (N-methyl/N-ethyl adjacent to an activating group) is 1. The third-order valence-corrected chi connectivity index (χ3v) is 6.21. The molecule has 0 bridgehead atoms. The number of hydrogen-bond acceptors (Lipinski definition) is 4. The molecule has 6 heteroatoms. The number of hydrogen-bond donors (Lipinski definition) is 0. The van der Waals surface area contributed by atoms with E-state index in [9.17, 15) is 13.2 Å². The van der Waals surface area contributed by atoms with Crippen molar-refractivity contribution in [1.29, 1.82) is 0 Å². The first-order valence-corrected chi connectivity index (χ1v) is 9.20. The number of nitrogens with zero attached hydrogens (tertiary/aromatic N) is 1. The molecule has 0 saturated carbocycles. The van der Waals surface area contributed by atoms with Gasteiger partial charge in [0.15, 0.2) is 5.78 Å². The van der Waals surface area contributed by atoms with Gasteiger partial charge in [-0.15, -0.1) is 0 Å². The highest BCUT2D eigenvalue weighted by atomic mass is 32.2. The Kier molecular flexibility index (Phi) is 4.80. The van der Waals surface area contributed by atoms with E-state index in [0.29, 0.717) is 25.2 Å². The minimum absolute atomic E-state index is 0.0354. The number of rotatable bonds is 5. The monoisotopic (exact) mass is 345 g/mol. The lowest BCUT2D eigenvalue weighted by molar-refractivity contribution is 0.103. The largest absolute Gasteiger partial charge is 0.380 e. The highest BCUT2D eigenvalue weighted by Crippen LogP contribution is 2.25. The summed E-state index contributed by atoms with van der Waals surface area (Å²) >= 11 is 0. The third kappa shape index (κ3) is 3.13. The zero-order valence-electron chi connectivity index (χ0n) is 13.4. The Balaban J connectivity index is 2.01. The van der Waals surface area contributed by atoms with Crippen LogP contribution in [0, 0.1) is 0 Å². The maximum atomic E-state index is 13.0.